The number of amides is 1. The van der Waals surface area contributed by atoms with Crippen LogP contribution in [0, 0.1) is 5.92 Å². The SMILES string of the molecule is Nc1cc(Cl)cc(C(=O)N2CCC3CCCCC32)c1. The summed E-state index contributed by atoms with van der Waals surface area (Å²) in [6, 6.07) is 5.55. The van der Waals surface area contributed by atoms with Gasteiger partial charge in [0.25, 0.3) is 5.91 Å². The van der Waals surface area contributed by atoms with E-state index in [-0.39, 0.29) is 5.91 Å². The number of carbonyl (C=O) groups excluding carboxylic acids is 1. The van der Waals surface area contributed by atoms with Crippen LogP contribution in [-0.2, 0) is 0 Å². The van der Waals surface area contributed by atoms with E-state index in [9.17, 15) is 4.79 Å². The van der Waals surface area contributed by atoms with Crippen molar-refractivity contribution >= 4 is 23.2 Å². The minimum Gasteiger partial charge on any atom is -0.399 e. The highest BCUT2D eigenvalue weighted by Gasteiger charge is 2.38. The van der Waals surface area contributed by atoms with Crippen LogP contribution >= 0.6 is 11.6 Å². The fraction of sp³-hybridized carbons (Fsp3) is 0.533. The monoisotopic (exact) mass is 278 g/mol. The lowest BCUT2D eigenvalue weighted by Crippen LogP contribution is -2.39. The molecule has 3 rings (SSSR count). The molecule has 2 N–H and O–H groups in total. The Morgan fingerprint density at radius 2 is 2.00 bits per heavy atom. The molecule has 3 nitrogen and oxygen atoms in total. The molecule has 2 aliphatic rings. The second kappa shape index (κ2) is 5.04. The first-order valence-electron chi connectivity index (χ1n) is 7.02. The lowest BCUT2D eigenvalue weighted by atomic mass is 9.85. The van der Waals surface area contributed by atoms with Crippen molar-refractivity contribution in [2.24, 2.45) is 5.92 Å². The smallest absolute Gasteiger partial charge is 0.254 e. The van der Waals surface area contributed by atoms with Gasteiger partial charge in [-0.3, -0.25) is 4.79 Å². The standard InChI is InChI=1S/C15H19ClN2O/c16-12-7-11(8-13(17)9-12)15(19)18-6-5-10-3-1-2-4-14(10)18/h7-10,14H,1-6,17H2. The molecule has 0 aromatic heterocycles. The summed E-state index contributed by atoms with van der Waals surface area (Å²) in [6.45, 7) is 0.876. The van der Waals surface area contributed by atoms with Crippen molar-refractivity contribution in [3.05, 3.63) is 28.8 Å². The largest absolute Gasteiger partial charge is 0.399 e. The van der Waals surface area contributed by atoms with Gasteiger partial charge in [0, 0.05) is 28.9 Å². The van der Waals surface area contributed by atoms with Crippen molar-refractivity contribution in [1.82, 2.24) is 4.90 Å². The van der Waals surface area contributed by atoms with E-state index in [4.69, 9.17) is 17.3 Å². The van der Waals surface area contributed by atoms with Crippen LogP contribution in [0.5, 0.6) is 0 Å². The van der Waals surface area contributed by atoms with Crippen molar-refractivity contribution in [1.29, 1.82) is 0 Å². The zero-order chi connectivity index (χ0) is 13.4. The van der Waals surface area contributed by atoms with Crippen molar-refractivity contribution in [2.75, 3.05) is 12.3 Å². The molecular weight excluding hydrogens is 260 g/mol. The van der Waals surface area contributed by atoms with Crippen LogP contribution in [0.4, 0.5) is 5.69 Å². The van der Waals surface area contributed by atoms with Gasteiger partial charge in [0.1, 0.15) is 0 Å². The van der Waals surface area contributed by atoms with Gasteiger partial charge in [0.15, 0.2) is 0 Å². The van der Waals surface area contributed by atoms with E-state index in [2.05, 4.69) is 0 Å². The van der Waals surface area contributed by atoms with E-state index in [1.807, 2.05) is 4.90 Å². The molecule has 102 valence electrons. The number of nitrogen functional groups attached to an aromatic ring is 1. The number of hydrogen-bond acceptors (Lipinski definition) is 2. The summed E-state index contributed by atoms with van der Waals surface area (Å²) >= 11 is 5.99. The van der Waals surface area contributed by atoms with E-state index in [0.29, 0.717) is 28.2 Å². The number of nitrogens with two attached hydrogens (primary N) is 1. The van der Waals surface area contributed by atoms with E-state index in [1.165, 1.54) is 19.3 Å². The molecule has 4 heteroatoms. The molecule has 1 saturated heterocycles. The van der Waals surface area contributed by atoms with Crippen LogP contribution in [0.15, 0.2) is 18.2 Å². The number of anilines is 1. The molecular formula is C15H19ClN2O. The first kappa shape index (κ1) is 12.8. The number of rotatable bonds is 1. The molecule has 0 radical (unpaired) electrons. The zero-order valence-corrected chi connectivity index (χ0v) is 11.7. The molecule has 1 aromatic carbocycles. The van der Waals surface area contributed by atoms with Gasteiger partial charge in [-0.25, -0.2) is 0 Å². The average Bonchev–Trinajstić information content (AvgIpc) is 2.80. The Bertz CT molecular complexity index is 483. The Morgan fingerprint density at radius 3 is 2.79 bits per heavy atom. The van der Waals surface area contributed by atoms with Gasteiger partial charge in [0.2, 0.25) is 0 Å². The third-order valence-corrected chi connectivity index (χ3v) is 4.66. The van der Waals surface area contributed by atoms with Crippen LogP contribution in [0.2, 0.25) is 5.02 Å². The topological polar surface area (TPSA) is 46.3 Å². The molecule has 0 bridgehead atoms. The van der Waals surface area contributed by atoms with Gasteiger partial charge in [-0.05, 0) is 43.4 Å². The van der Waals surface area contributed by atoms with Gasteiger partial charge in [0.05, 0.1) is 0 Å². The normalized spacial score (nSPS) is 26.3. The van der Waals surface area contributed by atoms with Crippen LogP contribution in [0.3, 0.4) is 0 Å². The molecule has 1 amide bonds. The maximum absolute atomic E-state index is 12.6. The maximum atomic E-state index is 12.6. The minimum atomic E-state index is 0.0867. The molecule has 2 unspecified atom stereocenters. The molecule has 0 spiro atoms. The highest BCUT2D eigenvalue weighted by molar-refractivity contribution is 6.31. The summed E-state index contributed by atoms with van der Waals surface area (Å²) in [5.74, 6) is 0.790. The lowest BCUT2D eigenvalue weighted by Gasteiger charge is -2.31. The van der Waals surface area contributed by atoms with Crippen LogP contribution in [-0.4, -0.2) is 23.4 Å². The van der Waals surface area contributed by atoms with Gasteiger partial charge in [-0.15, -0.1) is 0 Å². The van der Waals surface area contributed by atoms with Crippen molar-refractivity contribution in [3.8, 4) is 0 Å². The molecule has 1 aromatic rings. The predicted octanol–water partition coefficient (Wildman–Crippen LogP) is 3.33. The molecule has 1 aliphatic carbocycles. The van der Waals surface area contributed by atoms with E-state index < -0.39 is 0 Å². The van der Waals surface area contributed by atoms with Crippen molar-refractivity contribution in [2.45, 2.75) is 38.1 Å². The summed E-state index contributed by atoms with van der Waals surface area (Å²) in [4.78, 5) is 14.7. The number of halogens is 1. The zero-order valence-electron chi connectivity index (χ0n) is 10.9. The Labute approximate surface area is 118 Å². The second-order valence-corrected chi connectivity index (χ2v) is 6.11. The van der Waals surface area contributed by atoms with Gasteiger partial charge < -0.3 is 10.6 Å². The fourth-order valence-electron chi connectivity index (χ4n) is 3.56. The summed E-state index contributed by atoms with van der Waals surface area (Å²) in [7, 11) is 0. The van der Waals surface area contributed by atoms with Crippen molar-refractivity contribution in [3.63, 3.8) is 0 Å². The van der Waals surface area contributed by atoms with E-state index in [0.717, 1.165) is 19.4 Å². The first-order chi connectivity index (χ1) is 9.15. The Morgan fingerprint density at radius 1 is 1.21 bits per heavy atom. The Hall–Kier alpha value is -1.22. The molecule has 1 saturated carbocycles. The Balaban J connectivity index is 1.83. The highest BCUT2D eigenvalue weighted by atomic mass is 35.5. The minimum absolute atomic E-state index is 0.0867. The number of hydrogen-bond donors (Lipinski definition) is 1. The van der Waals surface area contributed by atoms with Crippen LogP contribution < -0.4 is 5.73 Å². The van der Waals surface area contributed by atoms with Crippen LogP contribution in [0.25, 0.3) is 0 Å². The fourth-order valence-corrected chi connectivity index (χ4v) is 3.80. The first-order valence-corrected chi connectivity index (χ1v) is 7.40. The lowest BCUT2D eigenvalue weighted by molar-refractivity contribution is 0.0690. The third-order valence-electron chi connectivity index (χ3n) is 4.44. The number of carbonyl (C=O) groups is 1. The maximum Gasteiger partial charge on any atom is 0.254 e. The molecule has 19 heavy (non-hydrogen) atoms. The summed E-state index contributed by atoms with van der Waals surface area (Å²) < 4.78 is 0. The Kier molecular flexibility index (Phi) is 3.40. The summed E-state index contributed by atoms with van der Waals surface area (Å²) in [5.41, 5.74) is 6.95. The molecule has 2 fully saturated rings. The molecule has 1 heterocycles. The molecule has 1 aliphatic heterocycles. The van der Waals surface area contributed by atoms with Crippen molar-refractivity contribution < 1.29 is 4.79 Å². The number of nitrogens with zero attached hydrogens (tertiary/aromatic N) is 1. The van der Waals surface area contributed by atoms with E-state index >= 15 is 0 Å². The third kappa shape index (κ3) is 2.44. The van der Waals surface area contributed by atoms with Gasteiger partial charge in [-0.2, -0.15) is 0 Å². The average molecular weight is 279 g/mol. The number of benzene rings is 1. The predicted molar refractivity (Wildman–Crippen MR) is 77.3 cm³/mol. The quantitative estimate of drug-likeness (QED) is 0.801. The highest BCUT2D eigenvalue weighted by Crippen LogP contribution is 2.37. The molecule has 2 atom stereocenters. The van der Waals surface area contributed by atoms with Crippen LogP contribution in [0.1, 0.15) is 42.5 Å². The van der Waals surface area contributed by atoms with Gasteiger partial charge >= 0.3 is 0 Å². The van der Waals surface area contributed by atoms with E-state index in [1.54, 1.807) is 18.2 Å². The number of likely N-dealkylation sites (tertiary alicyclic amines) is 1. The second-order valence-electron chi connectivity index (χ2n) is 5.67. The van der Waals surface area contributed by atoms with Gasteiger partial charge in [-0.1, -0.05) is 24.4 Å². The summed E-state index contributed by atoms with van der Waals surface area (Å²) in [5, 5.41) is 0.530. The number of fused-ring (bicyclic) bond motifs is 1. The summed E-state index contributed by atoms with van der Waals surface area (Å²) in [6.07, 6.45) is 6.11.